The first kappa shape index (κ1) is 16.5. The Bertz CT molecular complexity index is 669. The van der Waals surface area contributed by atoms with Gasteiger partial charge < -0.3 is 0 Å². The van der Waals surface area contributed by atoms with Crippen LogP contribution in [0.1, 0.15) is 37.6 Å². The molecule has 22 heavy (non-hydrogen) atoms. The average Bonchev–Trinajstić information content (AvgIpc) is 2.87. The lowest BCUT2D eigenvalue weighted by molar-refractivity contribution is -0.137. The Labute approximate surface area is 130 Å². The highest BCUT2D eigenvalue weighted by atomic mass is 32.1. The SMILES string of the molecule is CC(C)(C)c1csc(N/N=C/c2ccccc2C(F)(F)F)n1. The molecule has 0 bridgehead atoms. The van der Waals surface area contributed by atoms with Crippen molar-refractivity contribution in [1.82, 2.24) is 4.98 Å². The van der Waals surface area contributed by atoms with Crippen LogP contribution in [0.2, 0.25) is 0 Å². The summed E-state index contributed by atoms with van der Waals surface area (Å²) in [5.74, 6) is 0. The molecule has 2 rings (SSSR count). The summed E-state index contributed by atoms with van der Waals surface area (Å²) in [6, 6.07) is 5.29. The summed E-state index contributed by atoms with van der Waals surface area (Å²) in [5.41, 5.74) is 2.80. The zero-order valence-corrected chi connectivity index (χ0v) is 13.2. The largest absolute Gasteiger partial charge is 0.417 e. The molecule has 0 spiro atoms. The quantitative estimate of drug-likeness (QED) is 0.643. The van der Waals surface area contributed by atoms with Crippen molar-refractivity contribution < 1.29 is 13.2 Å². The monoisotopic (exact) mass is 327 g/mol. The van der Waals surface area contributed by atoms with Gasteiger partial charge in [-0.2, -0.15) is 18.3 Å². The number of nitrogens with one attached hydrogen (secondary N) is 1. The van der Waals surface area contributed by atoms with E-state index in [1.165, 1.54) is 29.5 Å². The average molecular weight is 327 g/mol. The van der Waals surface area contributed by atoms with E-state index >= 15 is 0 Å². The first-order chi connectivity index (χ1) is 10.2. The molecule has 1 aromatic carbocycles. The fourth-order valence-corrected chi connectivity index (χ4v) is 2.58. The number of rotatable bonds is 3. The van der Waals surface area contributed by atoms with Crippen LogP contribution in [-0.4, -0.2) is 11.2 Å². The van der Waals surface area contributed by atoms with E-state index in [9.17, 15) is 13.2 Å². The van der Waals surface area contributed by atoms with Crippen molar-refractivity contribution in [3.05, 3.63) is 46.5 Å². The van der Waals surface area contributed by atoms with E-state index in [2.05, 4.69) is 15.5 Å². The van der Waals surface area contributed by atoms with Crippen LogP contribution < -0.4 is 5.43 Å². The maximum atomic E-state index is 12.8. The number of hydrogen-bond donors (Lipinski definition) is 1. The molecule has 0 saturated carbocycles. The number of thiazole rings is 1. The van der Waals surface area contributed by atoms with Crippen molar-refractivity contribution in [2.75, 3.05) is 5.43 Å². The Morgan fingerprint density at radius 1 is 1.18 bits per heavy atom. The van der Waals surface area contributed by atoms with Gasteiger partial charge in [0.1, 0.15) is 0 Å². The number of hydrazone groups is 1. The van der Waals surface area contributed by atoms with Crippen molar-refractivity contribution >= 4 is 22.7 Å². The van der Waals surface area contributed by atoms with Gasteiger partial charge >= 0.3 is 6.18 Å². The van der Waals surface area contributed by atoms with Crippen LogP contribution >= 0.6 is 11.3 Å². The van der Waals surface area contributed by atoms with Crippen molar-refractivity contribution in [3.8, 4) is 0 Å². The van der Waals surface area contributed by atoms with Crippen LogP contribution in [0, 0.1) is 0 Å². The number of nitrogens with zero attached hydrogens (tertiary/aromatic N) is 2. The Kier molecular flexibility index (Phi) is 4.55. The molecule has 3 nitrogen and oxygen atoms in total. The molecular weight excluding hydrogens is 311 g/mol. The van der Waals surface area contributed by atoms with E-state index in [1.54, 1.807) is 0 Å². The van der Waals surface area contributed by atoms with Gasteiger partial charge in [-0.3, -0.25) is 5.43 Å². The molecular formula is C15H16F3N3S. The summed E-state index contributed by atoms with van der Waals surface area (Å²) >= 11 is 1.36. The maximum absolute atomic E-state index is 12.8. The minimum absolute atomic E-state index is 0.00935. The standard InChI is InChI=1S/C15H16F3N3S/c1-14(2,3)12-9-22-13(20-12)21-19-8-10-6-4-5-7-11(10)15(16,17)18/h4-9H,1-3H3,(H,20,21)/b19-8+. The van der Waals surface area contributed by atoms with Crippen LogP contribution in [0.3, 0.4) is 0 Å². The normalized spacial score (nSPS) is 12.8. The van der Waals surface area contributed by atoms with Crippen molar-refractivity contribution in [1.29, 1.82) is 0 Å². The molecule has 0 fully saturated rings. The molecule has 1 heterocycles. The second-order valence-corrected chi connectivity index (χ2v) is 6.60. The molecule has 0 amide bonds. The number of anilines is 1. The summed E-state index contributed by atoms with van der Waals surface area (Å²) in [6.07, 6.45) is -3.25. The molecule has 2 aromatic rings. The third-order valence-electron chi connectivity index (χ3n) is 2.90. The molecule has 0 aliphatic rings. The van der Waals surface area contributed by atoms with E-state index < -0.39 is 11.7 Å². The Balaban J connectivity index is 2.12. The number of halogens is 3. The van der Waals surface area contributed by atoms with Crippen LogP contribution in [0.15, 0.2) is 34.7 Å². The predicted molar refractivity (Wildman–Crippen MR) is 83.5 cm³/mol. The van der Waals surface area contributed by atoms with Gasteiger partial charge in [-0.05, 0) is 6.07 Å². The summed E-state index contributed by atoms with van der Waals surface area (Å²) in [5, 5.41) is 6.31. The predicted octanol–water partition coefficient (Wildman–Crippen LogP) is 4.91. The molecule has 0 radical (unpaired) electrons. The summed E-state index contributed by atoms with van der Waals surface area (Å²) in [6.45, 7) is 6.11. The van der Waals surface area contributed by atoms with Gasteiger partial charge in [0.25, 0.3) is 0 Å². The van der Waals surface area contributed by atoms with E-state index in [4.69, 9.17) is 0 Å². The van der Waals surface area contributed by atoms with Crippen molar-refractivity contribution in [3.63, 3.8) is 0 Å². The third kappa shape index (κ3) is 4.07. The van der Waals surface area contributed by atoms with Gasteiger partial charge in [0.05, 0.1) is 17.5 Å². The minimum atomic E-state index is -4.40. The fourth-order valence-electron chi connectivity index (χ4n) is 1.69. The van der Waals surface area contributed by atoms with Crippen molar-refractivity contribution in [2.45, 2.75) is 32.4 Å². The number of benzene rings is 1. The first-order valence-electron chi connectivity index (χ1n) is 6.59. The first-order valence-corrected chi connectivity index (χ1v) is 7.47. The van der Waals surface area contributed by atoms with Gasteiger partial charge in [-0.25, -0.2) is 4.98 Å². The summed E-state index contributed by atoms with van der Waals surface area (Å²) < 4.78 is 38.5. The van der Waals surface area contributed by atoms with Gasteiger partial charge in [0.15, 0.2) is 0 Å². The van der Waals surface area contributed by atoms with Gasteiger partial charge in [-0.1, -0.05) is 39.0 Å². The van der Waals surface area contributed by atoms with E-state index in [-0.39, 0.29) is 11.0 Å². The van der Waals surface area contributed by atoms with E-state index in [0.717, 1.165) is 18.0 Å². The zero-order valence-electron chi connectivity index (χ0n) is 12.4. The summed E-state index contributed by atoms with van der Waals surface area (Å²) in [7, 11) is 0. The minimum Gasteiger partial charge on any atom is -0.253 e. The van der Waals surface area contributed by atoms with E-state index in [0.29, 0.717) is 5.13 Å². The van der Waals surface area contributed by atoms with Gasteiger partial charge in [-0.15, -0.1) is 11.3 Å². The van der Waals surface area contributed by atoms with Crippen LogP contribution in [0.4, 0.5) is 18.3 Å². The topological polar surface area (TPSA) is 37.3 Å². The molecule has 7 heteroatoms. The highest BCUT2D eigenvalue weighted by molar-refractivity contribution is 7.13. The highest BCUT2D eigenvalue weighted by Gasteiger charge is 2.32. The molecule has 0 saturated heterocycles. The number of alkyl halides is 3. The molecule has 0 atom stereocenters. The maximum Gasteiger partial charge on any atom is 0.417 e. The van der Waals surface area contributed by atoms with E-state index in [1.807, 2.05) is 26.2 Å². The lowest BCUT2D eigenvalue weighted by atomic mass is 9.93. The molecule has 1 aromatic heterocycles. The lowest BCUT2D eigenvalue weighted by Gasteiger charge is -2.13. The van der Waals surface area contributed by atoms with Crippen LogP contribution in [-0.2, 0) is 11.6 Å². The Morgan fingerprint density at radius 3 is 2.45 bits per heavy atom. The second-order valence-electron chi connectivity index (χ2n) is 5.74. The fraction of sp³-hybridized carbons (Fsp3) is 0.333. The van der Waals surface area contributed by atoms with Crippen LogP contribution in [0.5, 0.6) is 0 Å². The molecule has 0 aliphatic heterocycles. The Hall–Kier alpha value is -1.89. The number of hydrogen-bond acceptors (Lipinski definition) is 4. The molecule has 0 unspecified atom stereocenters. The number of aromatic nitrogens is 1. The molecule has 1 N–H and O–H groups in total. The molecule has 118 valence electrons. The van der Waals surface area contributed by atoms with Crippen molar-refractivity contribution in [2.24, 2.45) is 5.10 Å². The zero-order chi connectivity index (χ0) is 16.4. The Morgan fingerprint density at radius 2 is 1.86 bits per heavy atom. The smallest absolute Gasteiger partial charge is 0.253 e. The van der Waals surface area contributed by atoms with Gasteiger partial charge in [0, 0.05) is 16.4 Å². The highest BCUT2D eigenvalue weighted by Crippen LogP contribution is 2.31. The lowest BCUT2D eigenvalue weighted by Crippen LogP contribution is -2.11. The summed E-state index contributed by atoms with van der Waals surface area (Å²) in [4.78, 5) is 4.36. The second kappa shape index (κ2) is 6.08. The molecule has 0 aliphatic carbocycles. The van der Waals surface area contributed by atoms with Crippen LogP contribution in [0.25, 0.3) is 0 Å². The third-order valence-corrected chi connectivity index (χ3v) is 3.65. The van der Waals surface area contributed by atoms with Gasteiger partial charge in [0.2, 0.25) is 5.13 Å².